The van der Waals surface area contributed by atoms with Crippen LogP contribution in [0.25, 0.3) is 5.76 Å². The summed E-state index contributed by atoms with van der Waals surface area (Å²) >= 11 is 6.17. The van der Waals surface area contributed by atoms with Crippen LogP contribution >= 0.6 is 11.6 Å². The first-order valence-corrected chi connectivity index (χ1v) is 11.1. The second kappa shape index (κ2) is 10.1. The topological polar surface area (TPSA) is 76.1 Å². The summed E-state index contributed by atoms with van der Waals surface area (Å²) in [7, 11) is 0. The molecule has 32 heavy (non-hydrogen) atoms. The molecule has 6 nitrogen and oxygen atoms in total. The second-order valence-electron chi connectivity index (χ2n) is 7.81. The fourth-order valence-electron chi connectivity index (χ4n) is 3.80. The van der Waals surface area contributed by atoms with E-state index in [4.69, 9.17) is 21.1 Å². The molecule has 1 unspecified atom stereocenters. The molecule has 0 radical (unpaired) electrons. The van der Waals surface area contributed by atoms with E-state index in [2.05, 4.69) is 0 Å². The summed E-state index contributed by atoms with van der Waals surface area (Å²) in [5, 5.41) is 11.6. The number of likely N-dealkylation sites (tertiary alicyclic amines) is 1. The zero-order valence-corrected chi connectivity index (χ0v) is 19.5. The van der Waals surface area contributed by atoms with Gasteiger partial charge in [-0.25, -0.2) is 0 Å². The third kappa shape index (κ3) is 4.75. The summed E-state index contributed by atoms with van der Waals surface area (Å²) in [4.78, 5) is 27.4. The molecule has 1 heterocycles. The van der Waals surface area contributed by atoms with Crippen molar-refractivity contribution in [1.29, 1.82) is 0 Å². The Balaban J connectivity index is 2.16. The highest BCUT2D eigenvalue weighted by molar-refractivity contribution is 6.46. The molecule has 1 N–H and O–H groups in total. The van der Waals surface area contributed by atoms with E-state index in [9.17, 15) is 14.7 Å². The first kappa shape index (κ1) is 23.7. The summed E-state index contributed by atoms with van der Waals surface area (Å²) in [6.45, 7) is 8.38. The maximum Gasteiger partial charge on any atom is 0.295 e. The lowest BCUT2D eigenvalue weighted by Gasteiger charge is -2.25. The van der Waals surface area contributed by atoms with E-state index in [1.54, 1.807) is 24.3 Å². The highest BCUT2D eigenvalue weighted by Gasteiger charge is 2.45. The molecule has 0 aliphatic carbocycles. The lowest BCUT2D eigenvalue weighted by molar-refractivity contribution is -0.139. The molecule has 2 aromatic rings. The Morgan fingerprint density at radius 2 is 1.91 bits per heavy atom. The molecule has 1 aliphatic rings. The molecule has 170 valence electrons. The van der Waals surface area contributed by atoms with Crippen LogP contribution in [-0.2, 0) is 9.59 Å². The molecule has 0 aromatic heterocycles. The number of benzene rings is 2. The van der Waals surface area contributed by atoms with E-state index in [0.29, 0.717) is 47.2 Å². The van der Waals surface area contributed by atoms with Gasteiger partial charge in [0.25, 0.3) is 11.7 Å². The molecule has 0 spiro atoms. The lowest BCUT2D eigenvalue weighted by atomic mass is 9.95. The lowest BCUT2D eigenvalue weighted by Crippen LogP contribution is -2.30. The molecule has 2 aromatic carbocycles. The summed E-state index contributed by atoms with van der Waals surface area (Å²) in [5.74, 6) is -0.592. The van der Waals surface area contributed by atoms with Gasteiger partial charge in [-0.1, -0.05) is 30.7 Å². The van der Waals surface area contributed by atoms with Crippen molar-refractivity contribution in [3.8, 4) is 11.5 Å². The number of nitrogens with zero attached hydrogens (tertiary/aromatic N) is 1. The number of halogens is 1. The maximum absolute atomic E-state index is 13.0. The van der Waals surface area contributed by atoms with Crippen LogP contribution in [0.4, 0.5) is 0 Å². The number of ketones is 1. The fraction of sp³-hybridized carbons (Fsp3) is 0.360. The minimum atomic E-state index is -0.725. The van der Waals surface area contributed by atoms with Crippen molar-refractivity contribution < 1.29 is 24.2 Å². The molecule has 1 aliphatic heterocycles. The van der Waals surface area contributed by atoms with E-state index in [1.165, 1.54) is 4.90 Å². The van der Waals surface area contributed by atoms with Crippen molar-refractivity contribution in [1.82, 2.24) is 4.90 Å². The fourth-order valence-corrected chi connectivity index (χ4v) is 3.97. The monoisotopic (exact) mass is 457 g/mol. The number of hydrogen-bond donors (Lipinski definition) is 1. The number of carbonyl (C=O) groups is 2. The number of carbonyl (C=O) groups excluding carboxylic acids is 2. The Bertz CT molecular complexity index is 1050. The molecule has 1 fully saturated rings. The quantitative estimate of drug-likeness (QED) is 0.328. The molecule has 0 bridgehead atoms. The smallest absolute Gasteiger partial charge is 0.295 e. The molecule has 7 heteroatoms. The third-order valence-corrected chi connectivity index (χ3v) is 5.37. The number of amides is 1. The first-order valence-electron chi connectivity index (χ1n) is 10.8. The Morgan fingerprint density at radius 1 is 1.16 bits per heavy atom. The zero-order chi connectivity index (χ0) is 23.4. The molecule has 1 atom stereocenters. The molecule has 1 saturated heterocycles. The van der Waals surface area contributed by atoms with Gasteiger partial charge in [-0.2, -0.15) is 0 Å². The van der Waals surface area contributed by atoms with Gasteiger partial charge in [-0.05, 0) is 63.1 Å². The molecule has 1 amide bonds. The van der Waals surface area contributed by atoms with Gasteiger partial charge in [0.2, 0.25) is 0 Å². The Kier molecular flexibility index (Phi) is 7.46. The predicted octanol–water partition coefficient (Wildman–Crippen LogP) is 5.36. The van der Waals surface area contributed by atoms with Crippen LogP contribution in [0.3, 0.4) is 0 Å². The van der Waals surface area contributed by atoms with E-state index < -0.39 is 17.7 Å². The zero-order valence-electron chi connectivity index (χ0n) is 18.7. The van der Waals surface area contributed by atoms with Gasteiger partial charge in [-0.15, -0.1) is 0 Å². The molecular formula is C25H28ClNO5. The van der Waals surface area contributed by atoms with Gasteiger partial charge >= 0.3 is 0 Å². The van der Waals surface area contributed by atoms with Gasteiger partial charge in [0.15, 0.2) is 0 Å². The standard InChI is InChI=1S/C25H28ClNO5/c1-5-12-27-22(16-8-7-9-18(13-16)32-15(3)4)21(24(29)25(27)30)23(28)17-10-11-19(26)20(14-17)31-6-2/h7-11,13-15,22,28H,5-6,12H2,1-4H3/b23-21-. The average Bonchev–Trinajstić information content (AvgIpc) is 3.00. The highest BCUT2D eigenvalue weighted by Crippen LogP contribution is 2.41. The Hall–Kier alpha value is -2.99. The number of ether oxygens (including phenoxy) is 2. The predicted molar refractivity (Wildman–Crippen MR) is 124 cm³/mol. The average molecular weight is 458 g/mol. The van der Waals surface area contributed by atoms with E-state index in [0.717, 1.165) is 0 Å². The second-order valence-corrected chi connectivity index (χ2v) is 8.22. The minimum Gasteiger partial charge on any atom is -0.507 e. The van der Waals surface area contributed by atoms with Crippen LogP contribution in [0.5, 0.6) is 11.5 Å². The number of rotatable bonds is 8. The van der Waals surface area contributed by atoms with E-state index >= 15 is 0 Å². The maximum atomic E-state index is 13.0. The van der Waals surface area contributed by atoms with Crippen molar-refractivity contribution in [3.63, 3.8) is 0 Å². The third-order valence-electron chi connectivity index (χ3n) is 5.05. The van der Waals surface area contributed by atoms with Crippen molar-refractivity contribution >= 4 is 29.1 Å². The van der Waals surface area contributed by atoms with Crippen molar-refractivity contribution in [3.05, 3.63) is 64.2 Å². The Labute approximate surface area is 193 Å². The van der Waals surface area contributed by atoms with Crippen LogP contribution in [0, 0.1) is 0 Å². The van der Waals surface area contributed by atoms with Gasteiger partial charge in [0.1, 0.15) is 17.3 Å². The number of aliphatic hydroxyl groups is 1. The summed E-state index contributed by atoms with van der Waals surface area (Å²) in [5.41, 5.74) is 1.08. The van der Waals surface area contributed by atoms with Gasteiger partial charge < -0.3 is 19.5 Å². The number of aliphatic hydroxyl groups excluding tert-OH is 1. The van der Waals surface area contributed by atoms with Crippen molar-refractivity contribution in [2.24, 2.45) is 0 Å². The number of Topliss-reactive ketones (excluding diaryl/α,β-unsaturated/α-hetero) is 1. The molecular weight excluding hydrogens is 430 g/mol. The van der Waals surface area contributed by atoms with E-state index in [-0.39, 0.29) is 17.4 Å². The SMILES string of the molecule is CCCN1C(=O)C(=O)/C(=C(\O)c2ccc(Cl)c(OCC)c2)C1c1cccc(OC(C)C)c1. The number of hydrogen-bond acceptors (Lipinski definition) is 5. The first-order chi connectivity index (χ1) is 15.3. The van der Waals surface area contributed by atoms with E-state index in [1.807, 2.05) is 45.9 Å². The molecule has 3 rings (SSSR count). The highest BCUT2D eigenvalue weighted by atomic mass is 35.5. The summed E-state index contributed by atoms with van der Waals surface area (Å²) in [6, 6.07) is 11.3. The minimum absolute atomic E-state index is 0.0293. The van der Waals surface area contributed by atoms with Crippen LogP contribution in [-0.4, -0.2) is 41.0 Å². The van der Waals surface area contributed by atoms with Crippen molar-refractivity contribution in [2.45, 2.75) is 46.3 Å². The summed E-state index contributed by atoms with van der Waals surface area (Å²) in [6.07, 6.45) is 0.638. The van der Waals surface area contributed by atoms with Crippen LogP contribution in [0.15, 0.2) is 48.0 Å². The van der Waals surface area contributed by atoms with Gasteiger partial charge in [0, 0.05) is 12.1 Å². The van der Waals surface area contributed by atoms with Gasteiger partial charge in [-0.3, -0.25) is 9.59 Å². The van der Waals surface area contributed by atoms with Crippen LogP contribution in [0.1, 0.15) is 51.3 Å². The van der Waals surface area contributed by atoms with Crippen LogP contribution < -0.4 is 9.47 Å². The van der Waals surface area contributed by atoms with Crippen molar-refractivity contribution in [2.75, 3.05) is 13.2 Å². The largest absolute Gasteiger partial charge is 0.507 e. The molecule has 0 saturated carbocycles. The Morgan fingerprint density at radius 3 is 2.56 bits per heavy atom. The normalized spacial score (nSPS) is 17.8. The van der Waals surface area contributed by atoms with Gasteiger partial charge in [0.05, 0.1) is 29.3 Å². The summed E-state index contributed by atoms with van der Waals surface area (Å²) < 4.78 is 11.3. The van der Waals surface area contributed by atoms with Crippen LogP contribution in [0.2, 0.25) is 5.02 Å².